The van der Waals surface area contributed by atoms with Gasteiger partial charge in [-0.2, -0.15) is 13.2 Å². The molecule has 0 aliphatic carbocycles. The molecule has 0 aromatic heterocycles. The van der Waals surface area contributed by atoms with E-state index in [-0.39, 0.29) is 27.7 Å². The van der Waals surface area contributed by atoms with Gasteiger partial charge >= 0.3 is 6.18 Å². The number of hydrogen-bond acceptors (Lipinski definition) is 4. The van der Waals surface area contributed by atoms with Gasteiger partial charge in [0.05, 0.1) is 11.3 Å². The van der Waals surface area contributed by atoms with Crippen LogP contribution in [0.2, 0.25) is 0 Å². The lowest BCUT2D eigenvalue weighted by molar-refractivity contribution is -0.137. The Bertz CT molecular complexity index is 1350. The molecule has 3 amide bonds. The molecule has 2 N–H and O–H groups in total. The zero-order chi connectivity index (χ0) is 25.3. The summed E-state index contributed by atoms with van der Waals surface area (Å²) in [6.07, 6.45) is -4.55. The highest BCUT2D eigenvalue weighted by atomic mass is 35.5. The molecule has 0 saturated heterocycles. The average molecular weight is 504 g/mol. The first kappa shape index (κ1) is 24.0. The number of imide groups is 1. The van der Waals surface area contributed by atoms with Gasteiger partial charge in [-0.15, -0.1) is 0 Å². The van der Waals surface area contributed by atoms with E-state index >= 15 is 0 Å². The molecule has 0 saturated carbocycles. The predicted octanol–water partition coefficient (Wildman–Crippen LogP) is 5.53. The Hall–Kier alpha value is -4.18. The first-order valence-corrected chi connectivity index (χ1v) is 10.3. The molecular formula is C24H14ClF4N3O3. The molecule has 0 spiro atoms. The molecule has 35 heavy (non-hydrogen) atoms. The van der Waals surface area contributed by atoms with Crippen molar-refractivity contribution in [3.05, 3.63) is 100 Å². The lowest BCUT2D eigenvalue weighted by Crippen LogP contribution is -2.32. The van der Waals surface area contributed by atoms with Gasteiger partial charge in [-0.25, -0.2) is 9.29 Å². The van der Waals surface area contributed by atoms with Gasteiger partial charge in [0, 0.05) is 16.9 Å². The Morgan fingerprint density at radius 1 is 0.857 bits per heavy atom. The van der Waals surface area contributed by atoms with Crippen LogP contribution in [-0.2, 0) is 15.8 Å². The first-order chi connectivity index (χ1) is 16.5. The number of rotatable bonds is 5. The van der Waals surface area contributed by atoms with Crippen molar-refractivity contribution in [2.75, 3.05) is 15.5 Å². The van der Waals surface area contributed by atoms with Crippen LogP contribution in [0.5, 0.6) is 0 Å². The Labute approximate surface area is 200 Å². The topological polar surface area (TPSA) is 78.5 Å². The molecule has 0 atom stereocenters. The Kier molecular flexibility index (Phi) is 6.31. The number of alkyl halides is 3. The highest BCUT2D eigenvalue weighted by Crippen LogP contribution is 2.32. The van der Waals surface area contributed by atoms with Crippen LogP contribution >= 0.6 is 11.6 Å². The summed E-state index contributed by atoms with van der Waals surface area (Å²) in [7, 11) is 0. The number of nitrogens with zero attached hydrogens (tertiary/aromatic N) is 1. The molecule has 1 aliphatic rings. The third-order valence-electron chi connectivity index (χ3n) is 4.98. The number of anilines is 3. The van der Waals surface area contributed by atoms with E-state index in [9.17, 15) is 31.9 Å². The third kappa shape index (κ3) is 5.02. The molecule has 4 rings (SSSR count). The summed E-state index contributed by atoms with van der Waals surface area (Å²) < 4.78 is 51.8. The van der Waals surface area contributed by atoms with Crippen molar-refractivity contribution in [3.63, 3.8) is 0 Å². The van der Waals surface area contributed by atoms with E-state index in [4.69, 9.17) is 11.6 Å². The molecule has 0 unspecified atom stereocenters. The molecule has 178 valence electrons. The standard InChI is InChI=1S/C24H14ClF4N3O3/c25-19-20(23(35)32(22(19)34)18-10-6-15(26)7-11-18)30-16-8-4-13(5-9-16)21(33)31-17-3-1-2-14(12-17)24(27,28)29/h1-12,30H,(H,31,33). The lowest BCUT2D eigenvalue weighted by atomic mass is 10.1. The molecule has 0 radical (unpaired) electrons. The number of halogens is 5. The van der Waals surface area contributed by atoms with Crippen molar-refractivity contribution in [3.8, 4) is 0 Å². The van der Waals surface area contributed by atoms with Gasteiger partial charge in [0.1, 0.15) is 16.5 Å². The zero-order valence-corrected chi connectivity index (χ0v) is 18.2. The Morgan fingerprint density at radius 2 is 1.51 bits per heavy atom. The van der Waals surface area contributed by atoms with Gasteiger partial charge in [0.25, 0.3) is 17.7 Å². The van der Waals surface area contributed by atoms with Crippen LogP contribution in [0, 0.1) is 5.82 Å². The largest absolute Gasteiger partial charge is 0.416 e. The zero-order valence-electron chi connectivity index (χ0n) is 17.5. The summed E-state index contributed by atoms with van der Waals surface area (Å²) >= 11 is 6.05. The van der Waals surface area contributed by atoms with E-state index in [1.165, 1.54) is 48.5 Å². The van der Waals surface area contributed by atoms with Gasteiger partial charge in [-0.05, 0) is 66.7 Å². The monoisotopic (exact) mass is 503 g/mol. The molecule has 6 nitrogen and oxygen atoms in total. The molecule has 1 aliphatic heterocycles. The maximum Gasteiger partial charge on any atom is 0.416 e. The number of nitrogens with one attached hydrogen (secondary N) is 2. The van der Waals surface area contributed by atoms with E-state index in [1.54, 1.807) is 0 Å². The fourth-order valence-corrected chi connectivity index (χ4v) is 3.47. The lowest BCUT2D eigenvalue weighted by Gasteiger charge is -2.15. The van der Waals surface area contributed by atoms with Gasteiger partial charge in [0.2, 0.25) is 0 Å². The van der Waals surface area contributed by atoms with Gasteiger partial charge in [-0.1, -0.05) is 17.7 Å². The molecule has 0 bridgehead atoms. The normalized spacial score (nSPS) is 13.9. The summed E-state index contributed by atoms with van der Waals surface area (Å²) in [4.78, 5) is 38.4. The van der Waals surface area contributed by atoms with Gasteiger partial charge in [-0.3, -0.25) is 14.4 Å². The van der Waals surface area contributed by atoms with Crippen molar-refractivity contribution >= 4 is 46.4 Å². The van der Waals surface area contributed by atoms with Crippen LogP contribution in [0.25, 0.3) is 0 Å². The number of carbonyl (C=O) groups excluding carboxylic acids is 3. The smallest absolute Gasteiger partial charge is 0.350 e. The van der Waals surface area contributed by atoms with Crippen LogP contribution in [0.1, 0.15) is 15.9 Å². The van der Waals surface area contributed by atoms with Crippen LogP contribution in [0.4, 0.5) is 34.6 Å². The third-order valence-corrected chi connectivity index (χ3v) is 5.33. The highest BCUT2D eigenvalue weighted by molar-refractivity contribution is 6.53. The van der Waals surface area contributed by atoms with Crippen molar-refractivity contribution in [1.82, 2.24) is 0 Å². The van der Waals surface area contributed by atoms with Crippen molar-refractivity contribution in [1.29, 1.82) is 0 Å². The second kappa shape index (κ2) is 9.22. The van der Waals surface area contributed by atoms with E-state index in [0.717, 1.165) is 29.2 Å². The van der Waals surface area contributed by atoms with Crippen LogP contribution in [0.3, 0.4) is 0 Å². The van der Waals surface area contributed by atoms with Crippen molar-refractivity contribution < 1.29 is 31.9 Å². The minimum absolute atomic E-state index is 0.0279. The molecule has 1 heterocycles. The molecular weight excluding hydrogens is 490 g/mol. The second-order valence-electron chi connectivity index (χ2n) is 7.35. The molecule has 3 aromatic rings. The second-order valence-corrected chi connectivity index (χ2v) is 7.72. The van der Waals surface area contributed by atoms with Crippen LogP contribution in [0.15, 0.2) is 83.5 Å². The predicted molar refractivity (Wildman–Crippen MR) is 121 cm³/mol. The van der Waals surface area contributed by atoms with Crippen LogP contribution in [-0.4, -0.2) is 17.7 Å². The minimum Gasteiger partial charge on any atom is -0.350 e. The maximum absolute atomic E-state index is 13.2. The van der Waals surface area contributed by atoms with E-state index < -0.39 is 35.3 Å². The summed E-state index contributed by atoms with van der Waals surface area (Å²) in [5, 5.41) is 4.75. The number of carbonyl (C=O) groups is 3. The van der Waals surface area contributed by atoms with Crippen molar-refractivity contribution in [2.45, 2.75) is 6.18 Å². The molecule has 11 heteroatoms. The Morgan fingerprint density at radius 3 is 2.14 bits per heavy atom. The average Bonchev–Trinajstić information content (AvgIpc) is 3.03. The number of amides is 3. The van der Waals surface area contributed by atoms with Gasteiger partial charge < -0.3 is 10.6 Å². The summed E-state index contributed by atoms with van der Waals surface area (Å²) in [6, 6.07) is 14.5. The van der Waals surface area contributed by atoms with E-state index in [0.29, 0.717) is 5.69 Å². The maximum atomic E-state index is 13.2. The first-order valence-electron chi connectivity index (χ1n) is 9.94. The van der Waals surface area contributed by atoms with Crippen molar-refractivity contribution in [2.24, 2.45) is 0 Å². The summed E-state index contributed by atoms with van der Waals surface area (Å²) in [6.45, 7) is 0. The number of hydrogen-bond donors (Lipinski definition) is 2. The van der Waals surface area contributed by atoms with E-state index in [1.807, 2.05) is 0 Å². The van der Waals surface area contributed by atoms with Gasteiger partial charge in [0.15, 0.2) is 0 Å². The summed E-state index contributed by atoms with van der Waals surface area (Å²) in [5.74, 6) is -2.73. The minimum atomic E-state index is -4.55. The number of benzene rings is 3. The Balaban J connectivity index is 1.46. The fourth-order valence-electron chi connectivity index (χ4n) is 3.26. The molecule has 0 fully saturated rings. The highest BCUT2D eigenvalue weighted by Gasteiger charge is 2.39. The fraction of sp³-hybridized carbons (Fsp3) is 0.0417. The summed E-state index contributed by atoms with van der Waals surface area (Å²) in [5.41, 5.74) is -0.545. The SMILES string of the molecule is O=C(Nc1cccc(C(F)(F)F)c1)c1ccc(NC2=C(Cl)C(=O)N(c3ccc(F)cc3)C2=O)cc1. The molecule has 3 aromatic carbocycles. The van der Waals surface area contributed by atoms with Crippen LogP contribution < -0.4 is 15.5 Å². The van der Waals surface area contributed by atoms with E-state index in [2.05, 4.69) is 10.6 Å². The quantitative estimate of drug-likeness (QED) is 0.354.